The van der Waals surface area contributed by atoms with Crippen LogP contribution in [0.3, 0.4) is 0 Å². The minimum atomic E-state index is -4.07. The van der Waals surface area contributed by atoms with Crippen LogP contribution >= 0.6 is 11.6 Å². The predicted octanol–water partition coefficient (Wildman–Crippen LogP) is 4.40. The summed E-state index contributed by atoms with van der Waals surface area (Å²) in [7, 11) is -4.07. The molecule has 0 aliphatic carbocycles. The average molecular weight is 442 g/mol. The third-order valence-electron chi connectivity index (χ3n) is 4.56. The van der Waals surface area contributed by atoms with Gasteiger partial charge in [0.25, 0.3) is 0 Å². The lowest BCUT2D eigenvalue weighted by atomic mass is 10.1. The van der Waals surface area contributed by atoms with Gasteiger partial charge < -0.3 is 0 Å². The molecule has 0 aromatic heterocycles. The Hall–Kier alpha value is -2.80. The lowest BCUT2D eigenvalue weighted by Gasteiger charge is -2.21. The molecule has 5 nitrogen and oxygen atoms in total. The molecule has 0 atom stereocenters. The van der Waals surface area contributed by atoms with E-state index in [-0.39, 0.29) is 4.90 Å². The molecule has 0 N–H and O–H groups in total. The van der Waals surface area contributed by atoms with Crippen molar-refractivity contribution in [3.8, 4) is 0 Å². The number of carbonyl (C=O) groups excluding carboxylic acids is 2. The summed E-state index contributed by atoms with van der Waals surface area (Å²) in [6, 6.07) is 20.8. The zero-order valence-corrected chi connectivity index (χ0v) is 17.9. The average Bonchev–Trinajstić information content (AvgIpc) is 2.74. The van der Waals surface area contributed by atoms with Crippen LogP contribution in [-0.2, 0) is 10.0 Å². The molecule has 3 rings (SSSR count). The Labute approximate surface area is 181 Å². The Morgan fingerprint density at radius 2 is 1.27 bits per heavy atom. The Morgan fingerprint density at radius 1 is 0.767 bits per heavy atom. The SMILES string of the molecule is Cc1ccc(S(=O)(=O)N(CC(=O)c2ccccc2)CC(=O)c2ccc(Cl)cc2)cc1. The number of Topliss-reactive ketones (excluding diaryl/α,β-unsaturated/α-hetero) is 2. The summed E-state index contributed by atoms with van der Waals surface area (Å²) in [5, 5.41) is 0.468. The third-order valence-corrected chi connectivity index (χ3v) is 6.62. The number of hydrogen-bond acceptors (Lipinski definition) is 4. The van der Waals surface area contributed by atoms with E-state index in [1.165, 1.54) is 24.3 Å². The summed E-state index contributed by atoms with van der Waals surface area (Å²) < 4.78 is 27.4. The van der Waals surface area contributed by atoms with Crippen molar-refractivity contribution in [2.45, 2.75) is 11.8 Å². The first-order chi connectivity index (χ1) is 14.3. The Bertz CT molecular complexity index is 1140. The van der Waals surface area contributed by atoms with E-state index in [4.69, 9.17) is 11.6 Å². The highest BCUT2D eigenvalue weighted by atomic mass is 35.5. The van der Waals surface area contributed by atoms with E-state index >= 15 is 0 Å². The van der Waals surface area contributed by atoms with Crippen LogP contribution in [0.25, 0.3) is 0 Å². The maximum Gasteiger partial charge on any atom is 0.243 e. The minimum absolute atomic E-state index is 0.0258. The number of sulfonamides is 1. The van der Waals surface area contributed by atoms with E-state index < -0.39 is 34.7 Å². The van der Waals surface area contributed by atoms with Crippen LogP contribution in [0, 0.1) is 6.92 Å². The molecule has 0 radical (unpaired) electrons. The molecule has 0 aliphatic rings. The molecule has 0 heterocycles. The highest BCUT2D eigenvalue weighted by molar-refractivity contribution is 7.89. The second-order valence-corrected chi connectivity index (χ2v) is 9.18. The molecule has 0 unspecified atom stereocenters. The highest BCUT2D eigenvalue weighted by Crippen LogP contribution is 2.19. The van der Waals surface area contributed by atoms with Crippen LogP contribution in [0.4, 0.5) is 0 Å². The van der Waals surface area contributed by atoms with Gasteiger partial charge in [0.15, 0.2) is 11.6 Å². The normalized spacial score (nSPS) is 11.4. The van der Waals surface area contributed by atoms with Crippen LogP contribution in [0.2, 0.25) is 5.02 Å². The minimum Gasteiger partial charge on any atom is -0.293 e. The Kier molecular flexibility index (Phi) is 6.82. The molecule has 3 aromatic rings. The van der Waals surface area contributed by atoms with Gasteiger partial charge in [0.05, 0.1) is 18.0 Å². The predicted molar refractivity (Wildman–Crippen MR) is 116 cm³/mol. The summed E-state index contributed by atoms with van der Waals surface area (Å²) in [4.78, 5) is 25.5. The number of hydrogen-bond donors (Lipinski definition) is 0. The molecule has 7 heteroatoms. The van der Waals surface area contributed by atoms with Crippen molar-refractivity contribution in [3.63, 3.8) is 0 Å². The van der Waals surface area contributed by atoms with E-state index in [1.807, 2.05) is 6.92 Å². The highest BCUT2D eigenvalue weighted by Gasteiger charge is 2.29. The van der Waals surface area contributed by atoms with Gasteiger partial charge in [-0.3, -0.25) is 9.59 Å². The molecule has 0 bridgehead atoms. The molecule has 30 heavy (non-hydrogen) atoms. The molecule has 0 spiro atoms. The Balaban J connectivity index is 1.93. The smallest absolute Gasteiger partial charge is 0.243 e. The number of ketones is 2. The fourth-order valence-corrected chi connectivity index (χ4v) is 4.33. The molecule has 0 aliphatic heterocycles. The standard InChI is InChI=1S/C23H20ClNO4S/c1-17-7-13-21(14-8-17)30(28,29)25(15-22(26)18-5-3-2-4-6-18)16-23(27)19-9-11-20(24)12-10-19/h2-14H,15-16H2,1H3. The zero-order valence-electron chi connectivity index (χ0n) is 16.3. The van der Waals surface area contributed by atoms with Crippen molar-refractivity contribution in [1.29, 1.82) is 0 Å². The largest absolute Gasteiger partial charge is 0.293 e. The lowest BCUT2D eigenvalue weighted by Crippen LogP contribution is -2.39. The van der Waals surface area contributed by atoms with E-state index in [0.717, 1.165) is 9.87 Å². The molecule has 0 saturated carbocycles. The second kappa shape index (κ2) is 9.34. The van der Waals surface area contributed by atoms with Crippen molar-refractivity contribution in [2.24, 2.45) is 0 Å². The summed E-state index contributed by atoms with van der Waals surface area (Å²) >= 11 is 5.86. The molecule has 0 saturated heterocycles. The fraction of sp³-hybridized carbons (Fsp3) is 0.130. The molecular formula is C23H20ClNO4S. The van der Waals surface area contributed by atoms with Gasteiger partial charge in [0.1, 0.15) is 0 Å². The van der Waals surface area contributed by atoms with Gasteiger partial charge in [0, 0.05) is 16.1 Å². The Morgan fingerprint density at radius 3 is 1.80 bits per heavy atom. The van der Waals surface area contributed by atoms with E-state index in [2.05, 4.69) is 0 Å². The number of halogens is 1. The van der Waals surface area contributed by atoms with Gasteiger partial charge in [-0.05, 0) is 43.3 Å². The second-order valence-electron chi connectivity index (χ2n) is 6.81. The van der Waals surface area contributed by atoms with Crippen LogP contribution < -0.4 is 0 Å². The number of nitrogens with zero attached hydrogens (tertiary/aromatic N) is 1. The van der Waals surface area contributed by atoms with Gasteiger partial charge in [-0.1, -0.05) is 59.6 Å². The van der Waals surface area contributed by atoms with Crippen molar-refractivity contribution in [1.82, 2.24) is 4.31 Å². The number of benzene rings is 3. The fourth-order valence-electron chi connectivity index (χ4n) is 2.85. The summed E-state index contributed by atoms with van der Waals surface area (Å²) in [6.07, 6.45) is 0. The van der Waals surface area contributed by atoms with Crippen LogP contribution in [0.15, 0.2) is 83.8 Å². The van der Waals surface area contributed by atoms with E-state index in [9.17, 15) is 18.0 Å². The van der Waals surface area contributed by atoms with Gasteiger partial charge in [-0.15, -0.1) is 0 Å². The number of aryl methyl sites for hydroxylation is 1. The van der Waals surface area contributed by atoms with Crippen LogP contribution in [-0.4, -0.2) is 37.4 Å². The first-order valence-electron chi connectivity index (χ1n) is 9.21. The third kappa shape index (κ3) is 5.21. The van der Waals surface area contributed by atoms with E-state index in [1.54, 1.807) is 54.6 Å². The number of carbonyl (C=O) groups is 2. The maximum absolute atomic E-state index is 13.2. The van der Waals surface area contributed by atoms with Crippen molar-refractivity contribution >= 4 is 33.2 Å². The van der Waals surface area contributed by atoms with Gasteiger partial charge >= 0.3 is 0 Å². The van der Waals surface area contributed by atoms with Crippen LogP contribution in [0.1, 0.15) is 26.3 Å². The number of rotatable bonds is 8. The molecular weight excluding hydrogens is 422 g/mol. The molecule has 3 aromatic carbocycles. The summed E-state index contributed by atoms with van der Waals surface area (Å²) in [5.74, 6) is -0.821. The van der Waals surface area contributed by atoms with E-state index in [0.29, 0.717) is 16.1 Å². The summed E-state index contributed by atoms with van der Waals surface area (Å²) in [6.45, 7) is 0.938. The zero-order chi connectivity index (χ0) is 21.7. The van der Waals surface area contributed by atoms with Gasteiger partial charge in [0.2, 0.25) is 10.0 Å². The van der Waals surface area contributed by atoms with Crippen molar-refractivity contribution in [2.75, 3.05) is 13.1 Å². The van der Waals surface area contributed by atoms with Crippen molar-refractivity contribution < 1.29 is 18.0 Å². The summed E-state index contributed by atoms with van der Waals surface area (Å²) in [5.41, 5.74) is 1.59. The first-order valence-corrected chi connectivity index (χ1v) is 11.0. The molecule has 0 fully saturated rings. The quantitative estimate of drug-likeness (QED) is 0.485. The lowest BCUT2D eigenvalue weighted by molar-refractivity contribution is 0.0927. The topological polar surface area (TPSA) is 71.5 Å². The molecule has 154 valence electrons. The maximum atomic E-state index is 13.2. The van der Waals surface area contributed by atoms with Crippen LogP contribution in [0.5, 0.6) is 0 Å². The van der Waals surface area contributed by atoms with Gasteiger partial charge in [-0.25, -0.2) is 8.42 Å². The monoisotopic (exact) mass is 441 g/mol. The van der Waals surface area contributed by atoms with Gasteiger partial charge in [-0.2, -0.15) is 4.31 Å². The van der Waals surface area contributed by atoms with Crippen molar-refractivity contribution in [3.05, 3.63) is 101 Å². The molecule has 0 amide bonds. The first kappa shape index (κ1) is 21.9.